The molecule has 6 nitrogen and oxygen atoms in total. The summed E-state index contributed by atoms with van der Waals surface area (Å²) in [4.78, 5) is 16.9. The molecular weight excluding hydrogens is 324 g/mol. The second-order valence-corrected chi connectivity index (χ2v) is 5.80. The Morgan fingerprint density at radius 3 is 1.83 bits per heavy atom. The Morgan fingerprint density at radius 1 is 0.708 bits per heavy atom. The summed E-state index contributed by atoms with van der Waals surface area (Å²) < 4.78 is 0. The van der Waals surface area contributed by atoms with Crippen LogP contribution in [0.25, 0.3) is 0 Å². The third-order valence-electron chi connectivity index (χ3n) is 3.22. The summed E-state index contributed by atoms with van der Waals surface area (Å²) in [7, 11) is 0. The van der Waals surface area contributed by atoms with Crippen LogP contribution in [-0.4, -0.2) is 19.9 Å². The maximum Gasteiger partial charge on any atom is 0.227 e. The number of hydrogen-bond donors (Lipinski definition) is 2. The van der Waals surface area contributed by atoms with E-state index in [1.165, 1.54) is 0 Å². The molecule has 0 aliphatic rings. The maximum absolute atomic E-state index is 5.87. The number of nitrogens with one attached hydrogen (secondary N) is 2. The van der Waals surface area contributed by atoms with Crippen molar-refractivity contribution in [2.75, 3.05) is 10.6 Å². The zero-order chi connectivity index (χ0) is 17.1. The average molecular weight is 341 g/mol. The zero-order valence-electron chi connectivity index (χ0n) is 13.6. The summed E-state index contributed by atoms with van der Waals surface area (Å²) in [5.41, 5.74) is 4.47. The summed E-state index contributed by atoms with van der Waals surface area (Å²) >= 11 is 5.87. The molecule has 0 aliphatic carbocycles. The molecule has 0 saturated heterocycles. The third kappa shape index (κ3) is 4.17. The van der Waals surface area contributed by atoms with Crippen molar-refractivity contribution in [1.82, 2.24) is 19.9 Å². The van der Waals surface area contributed by atoms with Crippen molar-refractivity contribution >= 4 is 34.7 Å². The van der Waals surface area contributed by atoms with Crippen LogP contribution < -0.4 is 10.6 Å². The van der Waals surface area contributed by atoms with Crippen LogP contribution in [0.1, 0.15) is 17.1 Å². The van der Waals surface area contributed by atoms with Gasteiger partial charge in [0.05, 0.1) is 0 Å². The Morgan fingerprint density at radius 2 is 1.25 bits per heavy atom. The predicted octanol–water partition coefficient (Wildman–Crippen LogP) is 4.33. The fourth-order valence-corrected chi connectivity index (χ4v) is 2.52. The van der Waals surface area contributed by atoms with Crippen molar-refractivity contribution in [3.8, 4) is 0 Å². The van der Waals surface area contributed by atoms with Crippen LogP contribution in [0.3, 0.4) is 0 Å². The van der Waals surface area contributed by atoms with Crippen LogP contribution in [0.2, 0.25) is 5.28 Å². The summed E-state index contributed by atoms with van der Waals surface area (Å²) in [6, 6.07) is 11.5. The van der Waals surface area contributed by atoms with Crippen molar-refractivity contribution < 1.29 is 0 Å². The lowest BCUT2D eigenvalue weighted by Crippen LogP contribution is -2.00. The van der Waals surface area contributed by atoms with Gasteiger partial charge in [0.15, 0.2) is 0 Å². The predicted molar refractivity (Wildman–Crippen MR) is 96.3 cm³/mol. The van der Waals surface area contributed by atoms with Gasteiger partial charge in [-0.05, 0) is 62.7 Å². The largest absolute Gasteiger partial charge is 0.340 e. The Bertz CT molecular complexity index is 750. The smallest absolute Gasteiger partial charge is 0.227 e. The quantitative estimate of drug-likeness (QED) is 0.688. The molecule has 7 heteroatoms. The highest BCUT2D eigenvalue weighted by atomic mass is 35.5. The molecule has 3 rings (SSSR count). The van der Waals surface area contributed by atoms with Gasteiger partial charge in [0.1, 0.15) is 5.82 Å². The number of aryl methyl sites for hydroxylation is 3. The number of benzene rings is 1. The van der Waals surface area contributed by atoms with Crippen LogP contribution >= 0.6 is 11.6 Å². The highest BCUT2D eigenvalue weighted by Gasteiger charge is 2.03. The van der Waals surface area contributed by atoms with E-state index in [0.29, 0.717) is 11.8 Å². The molecular formula is C17H17ClN6. The molecule has 2 heterocycles. The van der Waals surface area contributed by atoms with Crippen LogP contribution in [-0.2, 0) is 0 Å². The number of nitrogens with zero attached hydrogens (tertiary/aromatic N) is 4. The molecule has 1 aromatic carbocycles. The van der Waals surface area contributed by atoms with Gasteiger partial charge in [-0.25, -0.2) is 19.9 Å². The molecule has 0 unspecified atom stereocenters. The Hall–Kier alpha value is -2.73. The van der Waals surface area contributed by atoms with Crippen molar-refractivity contribution in [1.29, 1.82) is 0 Å². The van der Waals surface area contributed by atoms with E-state index < -0.39 is 0 Å². The number of rotatable bonds is 4. The lowest BCUT2D eigenvalue weighted by molar-refractivity contribution is 1.06. The first-order valence-corrected chi connectivity index (χ1v) is 7.83. The van der Waals surface area contributed by atoms with Gasteiger partial charge in [-0.15, -0.1) is 0 Å². The number of halogens is 1. The van der Waals surface area contributed by atoms with Gasteiger partial charge in [0.2, 0.25) is 11.2 Å². The van der Waals surface area contributed by atoms with Crippen LogP contribution in [0.4, 0.5) is 23.1 Å². The minimum absolute atomic E-state index is 0.225. The molecule has 2 N–H and O–H groups in total. The number of anilines is 4. The second-order valence-electron chi connectivity index (χ2n) is 5.47. The first kappa shape index (κ1) is 16.1. The summed E-state index contributed by atoms with van der Waals surface area (Å²) in [6.45, 7) is 5.76. The van der Waals surface area contributed by atoms with Crippen molar-refractivity contribution in [2.45, 2.75) is 20.8 Å². The van der Waals surface area contributed by atoms with E-state index in [-0.39, 0.29) is 5.28 Å². The fourth-order valence-electron chi connectivity index (χ4n) is 2.29. The van der Waals surface area contributed by atoms with Crippen LogP contribution in [0.5, 0.6) is 0 Å². The minimum atomic E-state index is 0.225. The van der Waals surface area contributed by atoms with E-state index in [1.807, 2.05) is 57.2 Å². The van der Waals surface area contributed by atoms with Crippen LogP contribution in [0.15, 0.2) is 36.4 Å². The Balaban J connectivity index is 1.73. The van der Waals surface area contributed by atoms with E-state index in [0.717, 1.165) is 28.5 Å². The van der Waals surface area contributed by atoms with E-state index >= 15 is 0 Å². The summed E-state index contributed by atoms with van der Waals surface area (Å²) in [5, 5.41) is 6.62. The van der Waals surface area contributed by atoms with E-state index in [9.17, 15) is 0 Å². The Labute approximate surface area is 145 Å². The summed E-state index contributed by atoms with van der Waals surface area (Å²) in [5.74, 6) is 1.25. The molecule has 0 saturated carbocycles. The highest BCUT2D eigenvalue weighted by Crippen LogP contribution is 2.20. The number of aromatic nitrogens is 4. The van der Waals surface area contributed by atoms with Gasteiger partial charge in [0.25, 0.3) is 0 Å². The monoisotopic (exact) mass is 340 g/mol. The van der Waals surface area contributed by atoms with Gasteiger partial charge >= 0.3 is 0 Å². The molecule has 0 amide bonds. The van der Waals surface area contributed by atoms with Gasteiger partial charge < -0.3 is 10.6 Å². The van der Waals surface area contributed by atoms with E-state index in [1.54, 1.807) is 0 Å². The molecule has 0 radical (unpaired) electrons. The molecule has 0 bridgehead atoms. The summed E-state index contributed by atoms with van der Waals surface area (Å²) in [6.07, 6.45) is 0. The lowest BCUT2D eigenvalue weighted by atomic mass is 10.2. The van der Waals surface area contributed by atoms with E-state index in [2.05, 4.69) is 30.6 Å². The Kier molecular flexibility index (Phi) is 4.57. The van der Waals surface area contributed by atoms with E-state index in [4.69, 9.17) is 11.6 Å². The standard InChI is InChI=1S/C17H17ClN6/c1-10-8-11(2)21-17(20-10)23-14-6-4-13(5-7-14)22-15-9-12(3)19-16(18)24-15/h4-9H,1-3H3,(H,19,22,24)(H,20,21,23). The molecule has 0 atom stereocenters. The zero-order valence-corrected chi connectivity index (χ0v) is 14.4. The number of hydrogen-bond acceptors (Lipinski definition) is 6. The molecule has 122 valence electrons. The molecule has 24 heavy (non-hydrogen) atoms. The molecule has 2 aromatic heterocycles. The van der Waals surface area contributed by atoms with Crippen molar-refractivity contribution in [3.05, 3.63) is 58.8 Å². The lowest BCUT2D eigenvalue weighted by Gasteiger charge is -2.09. The van der Waals surface area contributed by atoms with Gasteiger partial charge in [-0.2, -0.15) is 0 Å². The highest BCUT2D eigenvalue weighted by molar-refractivity contribution is 6.28. The molecule has 0 aliphatic heterocycles. The minimum Gasteiger partial charge on any atom is -0.340 e. The average Bonchev–Trinajstić information content (AvgIpc) is 2.47. The molecule has 0 fully saturated rings. The topological polar surface area (TPSA) is 75.6 Å². The first-order chi connectivity index (χ1) is 11.5. The molecule has 0 spiro atoms. The maximum atomic E-state index is 5.87. The van der Waals surface area contributed by atoms with Crippen LogP contribution in [0, 0.1) is 20.8 Å². The second kappa shape index (κ2) is 6.80. The van der Waals surface area contributed by atoms with Gasteiger partial charge in [0, 0.05) is 34.5 Å². The molecule has 3 aromatic rings. The van der Waals surface area contributed by atoms with Crippen molar-refractivity contribution in [3.63, 3.8) is 0 Å². The SMILES string of the molecule is Cc1cc(Nc2ccc(Nc3nc(C)cc(C)n3)cc2)nc(Cl)n1. The third-order valence-corrected chi connectivity index (χ3v) is 3.39. The fraction of sp³-hybridized carbons (Fsp3) is 0.176. The first-order valence-electron chi connectivity index (χ1n) is 7.45. The van der Waals surface area contributed by atoms with Crippen molar-refractivity contribution in [2.24, 2.45) is 0 Å². The van der Waals surface area contributed by atoms with Gasteiger partial charge in [-0.3, -0.25) is 0 Å². The van der Waals surface area contributed by atoms with Gasteiger partial charge in [-0.1, -0.05) is 0 Å². The normalized spacial score (nSPS) is 10.5.